The minimum Gasteiger partial charge on any atom is -0.439 e. The van der Waals surface area contributed by atoms with Crippen LogP contribution >= 0.6 is 15.9 Å². The molecule has 2 aromatic carbocycles. The summed E-state index contributed by atoms with van der Waals surface area (Å²) in [6.45, 7) is 1.88. The van der Waals surface area contributed by atoms with Crippen LogP contribution in [0.1, 0.15) is 24.0 Å². The molecule has 8 heteroatoms. The van der Waals surface area contributed by atoms with Crippen LogP contribution in [-0.2, 0) is 14.3 Å². The molecule has 3 aromatic rings. The zero-order chi connectivity index (χ0) is 21.7. The summed E-state index contributed by atoms with van der Waals surface area (Å²) in [5.41, 5.74) is 0.800. The van der Waals surface area contributed by atoms with Gasteiger partial charge in [-0.1, -0.05) is 40.2 Å². The molecule has 0 bridgehead atoms. The van der Waals surface area contributed by atoms with Crippen molar-refractivity contribution in [2.75, 3.05) is 6.61 Å². The Balaban J connectivity index is 1.81. The molecular formula is C23H16BrNO6. The number of hydrogen-bond acceptors (Lipinski definition) is 6. The molecule has 0 saturated heterocycles. The van der Waals surface area contributed by atoms with Crippen LogP contribution in [0.4, 0.5) is 0 Å². The lowest BCUT2D eigenvalue weighted by Crippen LogP contribution is -2.51. The van der Waals surface area contributed by atoms with E-state index in [9.17, 15) is 14.4 Å². The van der Waals surface area contributed by atoms with Crippen molar-refractivity contribution in [2.45, 2.75) is 18.9 Å². The van der Waals surface area contributed by atoms with E-state index in [-0.39, 0.29) is 29.4 Å². The van der Waals surface area contributed by atoms with Crippen LogP contribution in [0.5, 0.6) is 5.75 Å². The Morgan fingerprint density at radius 2 is 1.81 bits per heavy atom. The van der Waals surface area contributed by atoms with Crippen LogP contribution in [0.3, 0.4) is 0 Å². The topological polar surface area (TPSA) is 94.8 Å². The molecule has 0 fully saturated rings. The molecule has 0 unspecified atom stereocenters. The summed E-state index contributed by atoms with van der Waals surface area (Å²) in [4.78, 5) is 38.9. The number of ether oxygens (including phenoxy) is 2. The van der Waals surface area contributed by atoms with Crippen molar-refractivity contribution in [2.24, 2.45) is 0 Å². The number of ketones is 1. The van der Waals surface area contributed by atoms with Gasteiger partial charge in [0.2, 0.25) is 11.7 Å². The van der Waals surface area contributed by atoms with Crippen molar-refractivity contribution in [3.05, 3.63) is 86.0 Å². The summed E-state index contributed by atoms with van der Waals surface area (Å²) in [5, 5.41) is 3.22. The maximum atomic E-state index is 13.3. The van der Waals surface area contributed by atoms with Gasteiger partial charge in [0.25, 0.3) is 5.91 Å². The van der Waals surface area contributed by atoms with E-state index < -0.39 is 29.3 Å². The minimum atomic E-state index is -1.31. The van der Waals surface area contributed by atoms with Crippen LogP contribution < -0.4 is 15.7 Å². The number of benzene rings is 2. The van der Waals surface area contributed by atoms with Gasteiger partial charge in [0.05, 0.1) is 22.4 Å². The molecule has 0 radical (unpaired) electrons. The smallest absolute Gasteiger partial charge is 0.344 e. The molecule has 2 aliphatic heterocycles. The maximum absolute atomic E-state index is 13.3. The molecule has 7 nitrogen and oxygen atoms in total. The number of carbonyl (C=O) groups is 2. The monoisotopic (exact) mass is 481 g/mol. The Morgan fingerprint density at radius 3 is 2.55 bits per heavy atom. The standard InChI is InChI=1S/C23H16BrNO6/c1-2-29-20-18(26)16-15(11-7-9-12(24)10-8-11)17-19(31-22(16)25-21(20)27)13-5-3-4-6-14(13)30-23(17)28/h3-10,15,20H,2H2,1H3,(H,25,27)/t15-,20+/m0/s1. The molecule has 156 valence electrons. The Labute approximate surface area is 184 Å². The number of fused-ring (bicyclic) bond motifs is 3. The summed E-state index contributed by atoms with van der Waals surface area (Å²) < 4.78 is 17.8. The van der Waals surface area contributed by atoms with Crippen molar-refractivity contribution < 1.29 is 23.5 Å². The van der Waals surface area contributed by atoms with Gasteiger partial charge in [-0.05, 0) is 36.8 Å². The number of hydrogen-bond donors (Lipinski definition) is 1. The quantitative estimate of drug-likeness (QED) is 0.455. The second-order valence-electron chi connectivity index (χ2n) is 7.15. The Morgan fingerprint density at radius 1 is 1.06 bits per heavy atom. The third kappa shape index (κ3) is 3.10. The number of nitrogens with one attached hydrogen (secondary N) is 1. The van der Waals surface area contributed by atoms with Crippen molar-refractivity contribution in [3.63, 3.8) is 0 Å². The van der Waals surface area contributed by atoms with E-state index in [0.717, 1.165) is 4.47 Å². The van der Waals surface area contributed by atoms with Gasteiger partial charge in [0.1, 0.15) is 5.58 Å². The van der Waals surface area contributed by atoms with E-state index in [1.165, 1.54) is 0 Å². The van der Waals surface area contributed by atoms with Crippen LogP contribution in [0.15, 0.2) is 73.7 Å². The third-order valence-electron chi connectivity index (χ3n) is 5.34. The van der Waals surface area contributed by atoms with E-state index in [0.29, 0.717) is 16.5 Å². The molecule has 1 aromatic heterocycles. The van der Waals surface area contributed by atoms with Gasteiger partial charge in [-0.3, -0.25) is 14.9 Å². The van der Waals surface area contributed by atoms with E-state index >= 15 is 0 Å². The van der Waals surface area contributed by atoms with Gasteiger partial charge in [-0.2, -0.15) is 0 Å². The average molecular weight is 482 g/mol. The molecule has 2 aliphatic rings. The average Bonchev–Trinajstić information content (AvgIpc) is 2.76. The molecule has 2 atom stereocenters. The van der Waals surface area contributed by atoms with E-state index in [1.807, 2.05) is 24.3 Å². The van der Waals surface area contributed by atoms with E-state index in [1.54, 1.807) is 31.2 Å². The molecule has 0 spiro atoms. The lowest BCUT2D eigenvalue weighted by atomic mass is 9.79. The van der Waals surface area contributed by atoms with E-state index in [4.69, 9.17) is 13.9 Å². The minimum absolute atomic E-state index is 0.0159. The Kier molecular flexibility index (Phi) is 4.75. The summed E-state index contributed by atoms with van der Waals surface area (Å²) >= 11 is 3.41. The summed E-state index contributed by atoms with van der Waals surface area (Å²) in [6, 6.07) is 14.2. The molecule has 31 heavy (non-hydrogen) atoms. The van der Waals surface area contributed by atoms with Crippen LogP contribution in [0.25, 0.3) is 11.0 Å². The SMILES string of the molecule is CCO[C@H]1C(=O)NC2=C(C1=O)[C@H](c1ccc(Br)cc1)c1c(c3ccccc3oc1=O)O2. The highest BCUT2D eigenvalue weighted by Crippen LogP contribution is 2.45. The second-order valence-corrected chi connectivity index (χ2v) is 8.06. The Bertz CT molecular complexity index is 1320. The molecule has 5 rings (SSSR count). The predicted octanol–water partition coefficient (Wildman–Crippen LogP) is 3.40. The van der Waals surface area contributed by atoms with Crippen LogP contribution in [-0.4, -0.2) is 24.4 Å². The molecule has 3 heterocycles. The predicted molar refractivity (Wildman–Crippen MR) is 115 cm³/mol. The van der Waals surface area contributed by atoms with Crippen molar-refractivity contribution >= 4 is 38.6 Å². The van der Waals surface area contributed by atoms with E-state index in [2.05, 4.69) is 21.2 Å². The van der Waals surface area contributed by atoms with Crippen LogP contribution in [0, 0.1) is 0 Å². The van der Waals surface area contributed by atoms with Gasteiger partial charge >= 0.3 is 5.63 Å². The number of para-hydroxylation sites is 1. The normalized spacial score (nSPS) is 20.2. The number of halogens is 1. The zero-order valence-corrected chi connectivity index (χ0v) is 17.9. The first-order valence-electron chi connectivity index (χ1n) is 9.69. The highest BCUT2D eigenvalue weighted by Gasteiger charge is 2.46. The van der Waals surface area contributed by atoms with Gasteiger partial charge in [0, 0.05) is 11.1 Å². The summed E-state index contributed by atoms with van der Waals surface area (Å²) in [6.07, 6.45) is -1.31. The fraction of sp³-hybridized carbons (Fsp3) is 0.174. The zero-order valence-electron chi connectivity index (χ0n) is 16.3. The van der Waals surface area contributed by atoms with Gasteiger partial charge in [-0.25, -0.2) is 4.79 Å². The second kappa shape index (κ2) is 7.47. The van der Waals surface area contributed by atoms with Crippen molar-refractivity contribution in [1.82, 2.24) is 5.32 Å². The molecule has 0 aliphatic carbocycles. The number of Topliss-reactive ketones (excluding diaryl/α,β-unsaturated/α-hetero) is 1. The Hall–Kier alpha value is -3.23. The highest BCUT2D eigenvalue weighted by molar-refractivity contribution is 9.10. The largest absolute Gasteiger partial charge is 0.439 e. The van der Waals surface area contributed by atoms with Crippen LogP contribution in [0.2, 0.25) is 0 Å². The van der Waals surface area contributed by atoms with Gasteiger partial charge in [-0.15, -0.1) is 0 Å². The summed E-state index contributed by atoms with van der Waals surface area (Å²) in [5.74, 6) is -1.64. The first-order valence-corrected chi connectivity index (χ1v) is 10.5. The fourth-order valence-corrected chi connectivity index (χ4v) is 4.28. The first-order chi connectivity index (χ1) is 15.0. The first kappa shape index (κ1) is 19.7. The molecule has 1 amide bonds. The fourth-order valence-electron chi connectivity index (χ4n) is 4.02. The maximum Gasteiger partial charge on any atom is 0.344 e. The lowest BCUT2D eigenvalue weighted by molar-refractivity contribution is -0.143. The van der Waals surface area contributed by atoms with Crippen molar-refractivity contribution in [1.29, 1.82) is 0 Å². The molecule has 1 N–H and O–H groups in total. The molecular weight excluding hydrogens is 466 g/mol. The lowest BCUT2D eigenvalue weighted by Gasteiger charge is -2.34. The number of amides is 1. The summed E-state index contributed by atoms with van der Waals surface area (Å²) in [7, 11) is 0. The van der Waals surface area contributed by atoms with Gasteiger partial charge in [0.15, 0.2) is 11.9 Å². The van der Waals surface area contributed by atoms with Crippen molar-refractivity contribution in [3.8, 4) is 5.75 Å². The molecule has 0 saturated carbocycles. The highest BCUT2D eigenvalue weighted by atomic mass is 79.9. The number of carbonyl (C=O) groups excluding carboxylic acids is 2. The van der Waals surface area contributed by atoms with Gasteiger partial charge < -0.3 is 13.9 Å². The third-order valence-corrected chi connectivity index (χ3v) is 5.87. The number of rotatable bonds is 3.